The molecule has 3 N–H and O–H groups in total. The molecule has 0 saturated carbocycles. The van der Waals surface area contributed by atoms with Crippen molar-refractivity contribution in [2.45, 2.75) is 70.3 Å². The van der Waals surface area contributed by atoms with Gasteiger partial charge in [-0.25, -0.2) is 4.79 Å². The second-order valence-electron chi connectivity index (χ2n) is 8.70. The van der Waals surface area contributed by atoms with Crippen LogP contribution in [0.3, 0.4) is 0 Å². The fourth-order valence-electron chi connectivity index (χ4n) is 3.93. The van der Waals surface area contributed by atoms with Crippen LogP contribution in [-0.4, -0.2) is 66.4 Å². The van der Waals surface area contributed by atoms with Gasteiger partial charge in [-0.3, -0.25) is 9.59 Å². The zero-order valence-electron chi connectivity index (χ0n) is 19.7. The largest absolute Gasteiger partial charge is 0.461 e. The number of ether oxygens (including phenoxy) is 3. The van der Waals surface area contributed by atoms with Crippen LogP contribution in [0.15, 0.2) is 30.5 Å². The van der Waals surface area contributed by atoms with Gasteiger partial charge >= 0.3 is 5.97 Å². The number of Topliss-reactive ketones (excluding diaryl/α,β-unsaturated/α-hetero) is 1. The molecule has 2 aromatic rings. The lowest BCUT2D eigenvalue weighted by atomic mass is 10.0. The molecule has 9 nitrogen and oxygen atoms in total. The number of carbonyl (C=O) groups excluding carboxylic acids is 3. The summed E-state index contributed by atoms with van der Waals surface area (Å²) in [7, 11) is 0. The highest BCUT2D eigenvalue weighted by molar-refractivity contribution is 6.26. The van der Waals surface area contributed by atoms with Crippen molar-refractivity contribution in [2.24, 2.45) is 0 Å². The SMILES string of the molecule is CC(C)OC(=O)[C@H](CCC(=O)C=N)NC(=O)[C@H](Cc1c[nH]c2ccccc12)OC1CCOCC1. The molecule has 1 aromatic heterocycles. The lowest BCUT2D eigenvalue weighted by molar-refractivity contribution is -0.154. The molecule has 2 atom stereocenters. The number of amides is 1. The summed E-state index contributed by atoms with van der Waals surface area (Å²) in [5.41, 5.74) is 1.90. The topological polar surface area (TPSA) is 131 Å². The van der Waals surface area contributed by atoms with E-state index in [9.17, 15) is 14.4 Å². The van der Waals surface area contributed by atoms with Crippen molar-refractivity contribution in [3.8, 4) is 0 Å². The molecular formula is C25H33N3O6. The molecule has 1 aliphatic heterocycles. The van der Waals surface area contributed by atoms with E-state index in [-0.39, 0.29) is 25.0 Å². The van der Waals surface area contributed by atoms with Crippen molar-refractivity contribution in [1.29, 1.82) is 5.41 Å². The average molecular weight is 472 g/mol. The van der Waals surface area contributed by atoms with E-state index in [0.717, 1.165) is 16.5 Å². The number of rotatable bonds is 12. The summed E-state index contributed by atoms with van der Waals surface area (Å²) in [6.07, 6.45) is 2.92. The summed E-state index contributed by atoms with van der Waals surface area (Å²) in [4.78, 5) is 40.9. The molecule has 1 aliphatic rings. The van der Waals surface area contributed by atoms with Gasteiger partial charge in [0.25, 0.3) is 0 Å². The molecule has 9 heteroatoms. The highest BCUT2D eigenvalue weighted by Gasteiger charge is 2.31. The fraction of sp³-hybridized carbons (Fsp3) is 0.520. The molecule has 0 radical (unpaired) electrons. The van der Waals surface area contributed by atoms with Crippen LogP contribution in [0, 0.1) is 5.41 Å². The number of nitrogens with one attached hydrogen (secondary N) is 3. The van der Waals surface area contributed by atoms with Gasteiger partial charge in [0.1, 0.15) is 12.1 Å². The third-order valence-electron chi connectivity index (χ3n) is 5.69. The van der Waals surface area contributed by atoms with Crippen molar-refractivity contribution in [3.63, 3.8) is 0 Å². The van der Waals surface area contributed by atoms with E-state index in [0.29, 0.717) is 38.7 Å². The molecule has 34 heavy (non-hydrogen) atoms. The highest BCUT2D eigenvalue weighted by Crippen LogP contribution is 2.22. The van der Waals surface area contributed by atoms with E-state index in [1.807, 2.05) is 30.5 Å². The first-order valence-electron chi connectivity index (χ1n) is 11.7. The summed E-state index contributed by atoms with van der Waals surface area (Å²) in [6, 6.07) is 6.81. The molecule has 1 saturated heterocycles. The molecule has 1 fully saturated rings. The lowest BCUT2D eigenvalue weighted by Crippen LogP contribution is -2.49. The quantitative estimate of drug-likeness (QED) is 0.322. The van der Waals surface area contributed by atoms with E-state index in [2.05, 4.69) is 10.3 Å². The number of ketones is 1. The Morgan fingerprint density at radius 2 is 1.97 bits per heavy atom. The van der Waals surface area contributed by atoms with Crippen molar-refractivity contribution in [2.75, 3.05) is 13.2 Å². The number of esters is 1. The minimum absolute atomic E-state index is 0.0442. The predicted molar refractivity (Wildman–Crippen MR) is 127 cm³/mol. The molecular weight excluding hydrogens is 438 g/mol. The third kappa shape index (κ3) is 7.23. The Hall–Kier alpha value is -3.04. The average Bonchev–Trinajstić information content (AvgIpc) is 3.24. The Morgan fingerprint density at radius 1 is 1.24 bits per heavy atom. The Balaban J connectivity index is 1.78. The van der Waals surface area contributed by atoms with Crippen LogP contribution in [0.1, 0.15) is 45.1 Å². The van der Waals surface area contributed by atoms with E-state index in [1.165, 1.54) is 0 Å². The Morgan fingerprint density at radius 3 is 2.68 bits per heavy atom. The Bertz CT molecular complexity index is 995. The van der Waals surface area contributed by atoms with Crippen LogP contribution in [0.2, 0.25) is 0 Å². The van der Waals surface area contributed by atoms with Gasteiger partial charge in [0.05, 0.1) is 18.4 Å². The van der Waals surface area contributed by atoms with Gasteiger partial charge in [0.2, 0.25) is 5.91 Å². The lowest BCUT2D eigenvalue weighted by Gasteiger charge is -2.28. The number of hydrogen-bond donors (Lipinski definition) is 3. The molecule has 0 unspecified atom stereocenters. The van der Waals surface area contributed by atoms with Crippen LogP contribution < -0.4 is 5.32 Å². The number of hydrogen-bond acceptors (Lipinski definition) is 7. The maximum Gasteiger partial charge on any atom is 0.328 e. The molecule has 0 bridgehead atoms. The monoisotopic (exact) mass is 471 g/mol. The van der Waals surface area contributed by atoms with Gasteiger partial charge in [-0.2, -0.15) is 0 Å². The van der Waals surface area contributed by atoms with Gasteiger partial charge in [0.15, 0.2) is 5.78 Å². The number of aromatic nitrogens is 1. The second kappa shape index (κ2) is 12.4. The summed E-state index contributed by atoms with van der Waals surface area (Å²) in [5, 5.41) is 10.8. The fourth-order valence-corrected chi connectivity index (χ4v) is 3.93. The van der Waals surface area contributed by atoms with Gasteiger partial charge in [-0.1, -0.05) is 18.2 Å². The molecule has 0 spiro atoms. The zero-order chi connectivity index (χ0) is 24.5. The number of H-pyrrole nitrogens is 1. The molecule has 1 amide bonds. The summed E-state index contributed by atoms with van der Waals surface area (Å²) >= 11 is 0. The minimum Gasteiger partial charge on any atom is -0.461 e. The standard InChI is InChI=1S/C25H33N3O6/c1-16(2)33-25(31)22(8-7-18(29)14-26)28-24(30)23(34-19-9-11-32-12-10-19)13-17-15-27-21-6-4-3-5-20(17)21/h3-6,14-16,19,22-23,26-27H,7-13H2,1-2H3,(H,28,30)/t22-,23-/m0/s1. The summed E-state index contributed by atoms with van der Waals surface area (Å²) in [6.45, 7) is 4.57. The normalized spacial score (nSPS) is 16.2. The van der Waals surface area contributed by atoms with Gasteiger partial charge in [0, 0.05) is 43.2 Å². The van der Waals surface area contributed by atoms with E-state index < -0.39 is 29.8 Å². The molecule has 2 heterocycles. The third-order valence-corrected chi connectivity index (χ3v) is 5.69. The van der Waals surface area contributed by atoms with Crippen molar-refractivity contribution in [3.05, 3.63) is 36.0 Å². The minimum atomic E-state index is -1.01. The number of fused-ring (bicyclic) bond motifs is 1. The molecule has 184 valence electrons. The predicted octanol–water partition coefficient (Wildman–Crippen LogP) is 2.71. The highest BCUT2D eigenvalue weighted by atomic mass is 16.5. The number of aromatic amines is 1. The first-order chi connectivity index (χ1) is 16.4. The van der Waals surface area contributed by atoms with E-state index in [4.69, 9.17) is 19.6 Å². The smallest absolute Gasteiger partial charge is 0.328 e. The van der Waals surface area contributed by atoms with Gasteiger partial charge < -0.3 is 29.9 Å². The van der Waals surface area contributed by atoms with E-state index in [1.54, 1.807) is 13.8 Å². The van der Waals surface area contributed by atoms with Crippen molar-refractivity contribution in [1.82, 2.24) is 10.3 Å². The van der Waals surface area contributed by atoms with E-state index >= 15 is 0 Å². The van der Waals surface area contributed by atoms with Crippen LogP contribution >= 0.6 is 0 Å². The maximum absolute atomic E-state index is 13.4. The van der Waals surface area contributed by atoms with Crippen LogP contribution in [0.5, 0.6) is 0 Å². The van der Waals surface area contributed by atoms with Crippen LogP contribution in [-0.2, 0) is 35.0 Å². The first-order valence-corrected chi connectivity index (χ1v) is 11.7. The Labute approximate surface area is 199 Å². The van der Waals surface area contributed by atoms with Crippen LogP contribution in [0.25, 0.3) is 10.9 Å². The van der Waals surface area contributed by atoms with Gasteiger partial charge in [-0.15, -0.1) is 0 Å². The van der Waals surface area contributed by atoms with Gasteiger partial charge in [-0.05, 0) is 44.7 Å². The summed E-state index contributed by atoms with van der Waals surface area (Å²) < 4.78 is 16.9. The Kier molecular flexibility index (Phi) is 9.35. The van der Waals surface area contributed by atoms with Crippen LogP contribution in [0.4, 0.5) is 0 Å². The maximum atomic E-state index is 13.4. The summed E-state index contributed by atoms with van der Waals surface area (Å²) in [5.74, 6) is -1.48. The number of benzene rings is 1. The molecule has 3 rings (SSSR count). The van der Waals surface area contributed by atoms with Crippen molar-refractivity contribution < 1.29 is 28.6 Å². The zero-order valence-corrected chi connectivity index (χ0v) is 19.7. The first kappa shape index (κ1) is 25.6. The number of para-hydroxylation sites is 1. The molecule has 0 aliphatic carbocycles. The second-order valence-corrected chi connectivity index (χ2v) is 8.70. The van der Waals surface area contributed by atoms with Crippen molar-refractivity contribution >= 4 is 34.8 Å². The number of carbonyl (C=O) groups is 3. The molecule has 1 aromatic carbocycles.